The molecule has 24 heavy (non-hydrogen) atoms. The molecule has 0 bridgehead atoms. The summed E-state index contributed by atoms with van der Waals surface area (Å²) in [7, 11) is 0. The van der Waals surface area contributed by atoms with Gasteiger partial charge in [0.05, 0.1) is 10.5 Å². The topological polar surface area (TPSA) is 92.7 Å². The number of halogens is 3. The van der Waals surface area contributed by atoms with Gasteiger partial charge in [0, 0.05) is 45.2 Å². The fourth-order valence-corrected chi connectivity index (χ4v) is 2.59. The predicted octanol–water partition coefficient (Wildman–Crippen LogP) is 1.61. The van der Waals surface area contributed by atoms with Crippen molar-refractivity contribution < 1.29 is 22.9 Å². The van der Waals surface area contributed by atoms with E-state index < -0.39 is 22.4 Å². The molecule has 132 valence electrons. The smallest absolute Gasteiger partial charge is 0.362 e. The van der Waals surface area contributed by atoms with E-state index in [1.54, 1.807) is 9.80 Å². The van der Waals surface area contributed by atoms with E-state index in [0.29, 0.717) is 32.2 Å². The Morgan fingerprint density at radius 3 is 2.38 bits per heavy atom. The maximum Gasteiger partial charge on any atom is 0.416 e. The number of anilines is 1. The number of benzene rings is 1. The van der Waals surface area contributed by atoms with Crippen molar-refractivity contribution in [3.63, 3.8) is 0 Å². The highest BCUT2D eigenvalue weighted by Crippen LogP contribution is 2.36. The van der Waals surface area contributed by atoms with E-state index >= 15 is 0 Å². The summed E-state index contributed by atoms with van der Waals surface area (Å²) >= 11 is 0. The number of hydrogen-bond acceptors (Lipinski definition) is 5. The van der Waals surface area contributed by atoms with Crippen LogP contribution < -0.4 is 10.6 Å². The van der Waals surface area contributed by atoms with Gasteiger partial charge in [-0.1, -0.05) is 0 Å². The van der Waals surface area contributed by atoms with Crippen molar-refractivity contribution in [2.24, 2.45) is 5.73 Å². The number of hydrogen-bond donors (Lipinski definition) is 1. The molecule has 2 rings (SSSR count). The molecule has 0 unspecified atom stereocenters. The second-order valence-electron chi connectivity index (χ2n) is 5.36. The van der Waals surface area contributed by atoms with Crippen LogP contribution in [0.25, 0.3) is 0 Å². The first kappa shape index (κ1) is 18.0. The van der Waals surface area contributed by atoms with Crippen molar-refractivity contribution in [1.82, 2.24) is 4.90 Å². The Kier molecular flexibility index (Phi) is 5.27. The number of rotatable bonds is 4. The summed E-state index contributed by atoms with van der Waals surface area (Å²) < 4.78 is 38.2. The SMILES string of the molecule is NCCC(=O)N1CCN(c2ccc(C(F)(F)F)cc2[N+](=O)[O-])CC1. The van der Waals surface area contributed by atoms with Crippen molar-refractivity contribution in [1.29, 1.82) is 0 Å². The van der Waals surface area contributed by atoms with Gasteiger partial charge in [0.1, 0.15) is 5.69 Å². The minimum absolute atomic E-state index is 0.0981. The summed E-state index contributed by atoms with van der Waals surface area (Å²) in [5.41, 5.74) is 3.80. The second-order valence-corrected chi connectivity index (χ2v) is 5.36. The molecule has 0 atom stereocenters. The molecule has 0 saturated carbocycles. The molecule has 7 nitrogen and oxygen atoms in total. The van der Waals surface area contributed by atoms with E-state index in [4.69, 9.17) is 5.73 Å². The lowest BCUT2D eigenvalue weighted by molar-refractivity contribution is -0.384. The molecule has 1 aliphatic heterocycles. The van der Waals surface area contributed by atoms with Crippen LogP contribution in [-0.2, 0) is 11.0 Å². The number of piperazine rings is 1. The van der Waals surface area contributed by atoms with Crippen LogP contribution in [0.4, 0.5) is 24.5 Å². The third-order valence-electron chi connectivity index (χ3n) is 3.83. The van der Waals surface area contributed by atoms with Crippen LogP contribution in [-0.4, -0.2) is 48.5 Å². The number of alkyl halides is 3. The van der Waals surface area contributed by atoms with E-state index in [0.717, 1.165) is 12.1 Å². The summed E-state index contributed by atoms with van der Waals surface area (Å²) in [6.07, 6.45) is -4.42. The molecular weight excluding hydrogens is 329 g/mol. The number of carbonyl (C=O) groups excluding carboxylic acids is 1. The molecule has 1 amide bonds. The van der Waals surface area contributed by atoms with Crippen LogP contribution in [0.3, 0.4) is 0 Å². The van der Waals surface area contributed by atoms with Crippen LogP contribution in [0.5, 0.6) is 0 Å². The summed E-state index contributed by atoms with van der Waals surface area (Å²) in [5.74, 6) is -0.0981. The highest BCUT2D eigenvalue weighted by molar-refractivity contribution is 5.77. The highest BCUT2D eigenvalue weighted by atomic mass is 19.4. The van der Waals surface area contributed by atoms with E-state index in [-0.39, 0.29) is 24.6 Å². The number of nitro benzene ring substituents is 1. The summed E-state index contributed by atoms with van der Waals surface area (Å²) in [6, 6.07) is 2.48. The average molecular weight is 346 g/mol. The molecule has 1 aliphatic rings. The molecule has 0 spiro atoms. The van der Waals surface area contributed by atoms with Crippen molar-refractivity contribution in [2.45, 2.75) is 12.6 Å². The Labute approximate surface area is 136 Å². The molecule has 1 aromatic rings. The lowest BCUT2D eigenvalue weighted by Gasteiger charge is -2.35. The first-order valence-electron chi connectivity index (χ1n) is 7.32. The molecule has 1 heterocycles. The van der Waals surface area contributed by atoms with Gasteiger partial charge in [0.15, 0.2) is 0 Å². The van der Waals surface area contributed by atoms with Gasteiger partial charge >= 0.3 is 6.18 Å². The third-order valence-corrected chi connectivity index (χ3v) is 3.83. The molecule has 1 aromatic carbocycles. The maximum absolute atomic E-state index is 12.7. The normalized spacial score (nSPS) is 15.5. The Morgan fingerprint density at radius 2 is 1.88 bits per heavy atom. The number of nitrogens with two attached hydrogens (primary N) is 1. The fourth-order valence-electron chi connectivity index (χ4n) is 2.59. The van der Waals surface area contributed by atoms with E-state index in [1.165, 1.54) is 0 Å². The molecule has 0 radical (unpaired) electrons. The second kappa shape index (κ2) is 7.04. The highest BCUT2D eigenvalue weighted by Gasteiger charge is 2.34. The van der Waals surface area contributed by atoms with Gasteiger partial charge in [0.25, 0.3) is 5.69 Å². The standard InChI is InChI=1S/C14H17F3N4O3/c15-14(16,17)10-1-2-11(12(9-10)21(23)24)19-5-7-20(8-6-19)13(22)3-4-18/h1-2,9H,3-8,18H2. The quantitative estimate of drug-likeness (QED) is 0.660. The molecule has 0 aliphatic carbocycles. The molecule has 1 fully saturated rings. The maximum atomic E-state index is 12.7. The molecule has 1 saturated heterocycles. The third kappa shape index (κ3) is 3.94. The Hall–Kier alpha value is -2.36. The summed E-state index contributed by atoms with van der Waals surface area (Å²) in [6.45, 7) is 1.54. The van der Waals surface area contributed by atoms with E-state index in [2.05, 4.69) is 0 Å². The lowest BCUT2D eigenvalue weighted by Crippen LogP contribution is -2.49. The largest absolute Gasteiger partial charge is 0.416 e. The number of amides is 1. The van der Waals surface area contributed by atoms with Gasteiger partial charge in [-0.25, -0.2) is 0 Å². The first-order chi connectivity index (χ1) is 11.2. The molecule has 0 aromatic heterocycles. The van der Waals surface area contributed by atoms with Gasteiger partial charge < -0.3 is 15.5 Å². The van der Waals surface area contributed by atoms with Crippen LogP contribution in [0, 0.1) is 10.1 Å². The van der Waals surface area contributed by atoms with E-state index in [9.17, 15) is 28.1 Å². The van der Waals surface area contributed by atoms with Gasteiger partial charge in [-0.15, -0.1) is 0 Å². The lowest BCUT2D eigenvalue weighted by atomic mass is 10.1. The number of nitrogens with zero attached hydrogens (tertiary/aromatic N) is 3. The summed E-state index contributed by atoms with van der Waals surface area (Å²) in [5, 5.41) is 11.1. The summed E-state index contributed by atoms with van der Waals surface area (Å²) in [4.78, 5) is 25.3. The predicted molar refractivity (Wildman–Crippen MR) is 80.6 cm³/mol. The minimum atomic E-state index is -4.64. The van der Waals surface area contributed by atoms with Gasteiger partial charge in [0.2, 0.25) is 5.91 Å². The zero-order valence-corrected chi connectivity index (χ0v) is 12.8. The number of carbonyl (C=O) groups is 1. The minimum Gasteiger partial charge on any atom is -0.362 e. The average Bonchev–Trinajstić information content (AvgIpc) is 2.53. The zero-order valence-electron chi connectivity index (χ0n) is 12.8. The number of nitro groups is 1. The first-order valence-corrected chi connectivity index (χ1v) is 7.32. The van der Waals surface area contributed by atoms with Crippen LogP contribution in [0.15, 0.2) is 18.2 Å². The van der Waals surface area contributed by atoms with Crippen molar-refractivity contribution in [2.75, 3.05) is 37.6 Å². The van der Waals surface area contributed by atoms with Crippen LogP contribution in [0.1, 0.15) is 12.0 Å². The Balaban J connectivity index is 2.18. The van der Waals surface area contributed by atoms with Crippen molar-refractivity contribution in [3.05, 3.63) is 33.9 Å². The fraction of sp³-hybridized carbons (Fsp3) is 0.500. The van der Waals surface area contributed by atoms with Gasteiger partial charge in [-0.05, 0) is 12.1 Å². The molecule has 2 N–H and O–H groups in total. The van der Waals surface area contributed by atoms with Crippen LogP contribution >= 0.6 is 0 Å². The molecular formula is C14H17F3N4O3. The molecule has 10 heteroatoms. The van der Waals surface area contributed by atoms with E-state index in [1.807, 2.05) is 0 Å². The van der Waals surface area contributed by atoms with Crippen molar-refractivity contribution >= 4 is 17.3 Å². The van der Waals surface area contributed by atoms with Crippen LogP contribution in [0.2, 0.25) is 0 Å². The Bertz CT molecular complexity index is 628. The Morgan fingerprint density at radius 1 is 1.25 bits per heavy atom. The zero-order chi connectivity index (χ0) is 17.9. The van der Waals surface area contributed by atoms with Gasteiger partial charge in [-0.2, -0.15) is 13.2 Å². The van der Waals surface area contributed by atoms with Crippen molar-refractivity contribution in [3.8, 4) is 0 Å². The monoisotopic (exact) mass is 346 g/mol. The van der Waals surface area contributed by atoms with Gasteiger partial charge in [-0.3, -0.25) is 14.9 Å².